The van der Waals surface area contributed by atoms with Crippen molar-refractivity contribution in [2.45, 2.75) is 0 Å². The van der Waals surface area contributed by atoms with Crippen molar-refractivity contribution in [1.82, 2.24) is 9.97 Å². The molecule has 0 aliphatic heterocycles. The molecule has 0 bridgehead atoms. The molecule has 0 aliphatic rings. The van der Waals surface area contributed by atoms with Gasteiger partial charge in [0.1, 0.15) is 0 Å². The summed E-state index contributed by atoms with van der Waals surface area (Å²) in [6, 6.07) is 7.56. The second-order valence-electron chi connectivity index (χ2n) is 2.51. The van der Waals surface area contributed by atoms with Gasteiger partial charge in [0, 0.05) is 48.0 Å². The first-order valence-corrected chi connectivity index (χ1v) is 8.05. The smallest absolute Gasteiger partial charge is 0.753 e. The van der Waals surface area contributed by atoms with Crippen LogP contribution in [0.5, 0.6) is 0 Å². The van der Waals surface area contributed by atoms with Crippen LogP contribution < -0.4 is 0 Å². The molecule has 0 saturated heterocycles. The van der Waals surface area contributed by atoms with Crippen molar-refractivity contribution in [3.05, 3.63) is 68.8 Å². The number of aliphatic hydroxyl groups is 2. The van der Waals surface area contributed by atoms with Crippen molar-refractivity contribution in [3.63, 3.8) is 0 Å². The van der Waals surface area contributed by atoms with Gasteiger partial charge in [-0.1, -0.05) is 56.3 Å². The van der Waals surface area contributed by atoms with Crippen molar-refractivity contribution in [1.29, 1.82) is 0 Å². The fraction of sp³-hybridized carbons (Fsp3) is 0.143. The van der Waals surface area contributed by atoms with Gasteiger partial charge < -0.3 is 21.0 Å². The minimum Gasteiger partial charge on any atom is -0.753 e. The number of aliphatic hydroxyl groups excluding tert-OH is 2. The summed E-state index contributed by atoms with van der Waals surface area (Å²) in [6.45, 7) is 0. The van der Waals surface area contributed by atoms with Crippen LogP contribution >= 0.6 is 56.3 Å². The van der Waals surface area contributed by atoms with Crippen molar-refractivity contribution >= 4 is 66.6 Å². The number of pyridine rings is 2. The molecular weight excluding hydrogens is 539 g/mol. The van der Waals surface area contributed by atoms with Gasteiger partial charge in [-0.3, -0.25) is 9.97 Å². The van der Waals surface area contributed by atoms with E-state index in [1.165, 1.54) is 10.3 Å². The molecule has 2 heterocycles. The van der Waals surface area contributed by atoms with Crippen LogP contribution in [0.3, 0.4) is 0 Å². The fourth-order valence-electron chi connectivity index (χ4n) is 0.667. The first kappa shape index (κ1) is 35.4. The van der Waals surface area contributed by atoms with Gasteiger partial charge in [-0.25, -0.2) is 0 Å². The van der Waals surface area contributed by atoms with Crippen molar-refractivity contribution in [3.8, 4) is 0 Å². The first-order valence-electron chi connectivity index (χ1n) is 5.65. The SMILES string of the molecule is Brc1ccncc1.Brc1ccncc1.CO.CO.[Co+2].[N-]=C=S.[N-]=C=S. The molecule has 6 nitrogen and oxygen atoms in total. The maximum atomic E-state index is 7.13. The number of aromatic nitrogens is 2. The fourth-order valence-corrected chi connectivity index (χ4v) is 1.14. The van der Waals surface area contributed by atoms with Crippen molar-refractivity contribution in [2.24, 2.45) is 0 Å². The van der Waals surface area contributed by atoms with Crippen molar-refractivity contribution in [2.75, 3.05) is 14.2 Å². The van der Waals surface area contributed by atoms with Crippen LogP contribution in [0, 0.1) is 0 Å². The molecular formula is C14H16Br2CoN4O2S2. The van der Waals surface area contributed by atoms with Gasteiger partial charge in [0.2, 0.25) is 0 Å². The van der Waals surface area contributed by atoms with Crippen LogP contribution in [0.2, 0.25) is 0 Å². The molecule has 139 valence electrons. The third kappa shape index (κ3) is 45.2. The third-order valence-corrected chi connectivity index (χ3v) is 2.34. The molecule has 0 saturated carbocycles. The average Bonchev–Trinajstić information content (AvgIpc) is 2.62. The summed E-state index contributed by atoms with van der Waals surface area (Å²) in [6.07, 6.45) is 6.96. The van der Waals surface area contributed by atoms with E-state index in [0.29, 0.717) is 0 Å². The summed E-state index contributed by atoms with van der Waals surface area (Å²) in [7, 11) is 2.00. The number of nitrogens with zero attached hydrogens (tertiary/aromatic N) is 4. The Bertz CT molecular complexity index is 479. The number of rotatable bonds is 0. The zero-order chi connectivity index (χ0) is 19.6. The summed E-state index contributed by atoms with van der Waals surface area (Å²) < 4.78 is 2.14. The van der Waals surface area contributed by atoms with Crippen LogP contribution in [0.4, 0.5) is 0 Å². The van der Waals surface area contributed by atoms with E-state index < -0.39 is 0 Å². The van der Waals surface area contributed by atoms with E-state index >= 15 is 0 Å². The quantitative estimate of drug-likeness (QED) is 0.372. The molecule has 0 unspecified atom stereocenters. The van der Waals surface area contributed by atoms with Gasteiger partial charge in [-0.15, -0.1) is 0 Å². The van der Waals surface area contributed by atoms with E-state index in [0.717, 1.165) is 23.2 Å². The number of hydrogen-bond donors (Lipinski definition) is 2. The first-order chi connectivity index (χ1) is 11.6. The van der Waals surface area contributed by atoms with Gasteiger partial charge in [-0.2, -0.15) is 10.3 Å². The van der Waals surface area contributed by atoms with E-state index in [1.807, 2.05) is 24.3 Å². The second kappa shape index (κ2) is 38.7. The van der Waals surface area contributed by atoms with Gasteiger partial charge in [0.25, 0.3) is 0 Å². The van der Waals surface area contributed by atoms with E-state index in [-0.39, 0.29) is 16.8 Å². The minimum absolute atomic E-state index is 0. The maximum absolute atomic E-state index is 7.13. The Morgan fingerprint density at radius 2 is 0.920 bits per heavy atom. The van der Waals surface area contributed by atoms with Crippen LogP contribution in [-0.4, -0.2) is 44.7 Å². The molecule has 2 aromatic rings. The normalized spacial score (nSPS) is 6.00. The molecule has 2 N–H and O–H groups in total. The Morgan fingerprint density at radius 3 is 1.00 bits per heavy atom. The Kier molecular flexibility index (Phi) is 54.8. The number of isothiocyanates is 2. The number of halogens is 2. The molecule has 1 radical (unpaired) electrons. The van der Waals surface area contributed by atoms with E-state index in [9.17, 15) is 0 Å². The molecule has 0 aliphatic carbocycles. The molecule has 0 spiro atoms. The Balaban J connectivity index is -0.0000000698. The molecule has 0 amide bonds. The Hall–Kier alpha value is -0.714. The molecule has 0 atom stereocenters. The van der Waals surface area contributed by atoms with Gasteiger partial charge >= 0.3 is 16.8 Å². The largest absolute Gasteiger partial charge is 2.00 e. The van der Waals surface area contributed by atoms with Gasteiger partial charge in [-0.05, 0) is 24.3 Å². The number of thiocarbonyl (C=S) groups is 2. The van der Waals surface area contributed by atoms with Gasteiger partial charge in [0.15, 0.2) is 0 Å². The maximum Gasteiger partial charge on any atom is 2.00 e. The molecule has 0 fully saturated rings. The Labute approximate surface area is 185 Å². The topological polar surface area (TPSA) is 111 Å². The van der Waals surface area contributed by atoms with Crippen LogP contribution in [0.25, 0.3) is 10.8 Å². The van der Waals surface area contributed by atoms with E-state index in [1.54, 1.807) is 24.8 Å². The molecule has 25 heavy (non-hydrogen) atoms. The van der Waals surface area contributed by atoms with Gasteiger partial charge in [0.05, 0.1) is 0 Å². The summed E-state index contributed by atoms with van der Waals surface area (Å²) in [5.41, 5.74) is 0. The average molecular weight is 555 g/mol. The van der Waals surface area contributed by atoms with Crippen LogP contribution in [0.15, 0.2) is 58.0 Å². The third-order valence-electron chi connectivity index (χ3n) is 1.28. The summed E-state index contributed by atoms with van der Waals surface area (Å²) in [4.78, 5) is 7.63. The Morgan fingerprint density at radius 1 is 0.760 bits per heavy atom. The monoisotopic (exact) mass is 553 g/mol. The van der Waals surface area contributed by atoms with E-state index in [2.05, 4.69) is 66.3 Å². The molecule has 0 aromatic carbocycles. The predicted molar refractivity (Wildman–Crippen MR) is 112 cm³/mol. The second-order valence-corrected chi connectivity index (χ2v) is 4.71. The zero-order valence-electron chi connectivity index (χ0n) is 13.2. The summed E-state index contributed by atoms with van der Waals surface area (Å²) in [5.74, 6) is 0. The summed E-state index contributed by atoms with van der Waals surface area (Å²) in [5, 5.41) is 30.9. The number of hydrogen-bond acceptors (Lipinski definition) is 6. The van der Waals surface area contributed by atoms with Crippen molar-refractivity contribution < 1.29 is 27.0 Å². The molecule has 11 heteroatoms. The van der Waals surface area contributed by atoms with Crippen LogP contribution in [-0.2, 0) is 16.8 Å². The molecule has 2 aromatic heterocycles. The van der Waals surface area contributed by atoms with Crippen LogP contribution in [0.1, 0.15) is 0 Å². The summed E-state index contributed by atoms with van der Waals surface area (Å²) >= 11 is 13.9. The standard InChI is InChI=1S/2C5H4BrN.2CNS.2CH4O.Co/c2*6-5-1-3-7-4-2-5;2*2-1-3;2*1-2;/h2*1-4H;;;2*2H,1H3;/q;;2*-1;;;+2. The minimum atomic E-state index is 0. The molecule has 2 rings (SSSR count). The zero-order valence-corrected chi connectivity index (χ0v) is 19.1. The van der Waals surface area contributed by atoms with E-state index in [4.69, 9.17) is 21.0 Å². The predicted octanol–water partition coefficient (Wildman–Crippen LogP) is 4.22.